The molecule has 0 radical (unpaired) electrons. The summed E-state index contributed by atoms with van der Waals surface area (Å²) in [6.45, 7) is 0.249. The van der Waals surface area contributed by atoms with Crippen molar-refractivity contribution in [3.8, 4) is 0 Å². The SMILES string of the molecule is FCc1ccc2ccccc2[n+]1Cc1ccccc1. The number of alkyl halides is 1. The number of aromatic nitrogens is 1. The molecule has 0 unspecified atom stereocenters. The first-order valence-corrected chi connectivity index (χ1v) is 6.39. The Hall–Kier alpha value is -2.22. The Morgan fingerprint density at radius 1 is 0.789 bits per heavy atom. The summed E-state index contributed by atoms with van der Waals surface area (Å²) < 4.78 is 15.2. The standard InChI is InChI=1S/C17H15FN/c18-12-16-11-10-15-8-4-5-9-17(15)19(16)13-14-6-2-1-3-7-14/h1-11H,12-13H2/q+1. The Balaban J connectivity index is 2.15. The summed E-state index contributed by atoms with van der Waals surface area (Å²) in [5.74, 6) is 0. The lowest BCUT2D eigenvalue weighted by Crippen LogP contribution is -2.39. The minimum absolute atomic E-state index is 0.447. The molecule has 0 saturated heterocycles. The van der Waals surface area contributed by atoms with Crippen LogP contribution in [0.15, 0.2) is 66.7 Å². The average molecular weight is 252 g/mol. The molecule has 0 saturated carbocycles. The summed E-state index contributed by atoms with van der Waals surface area (Å²) in [7, 11) is 0. The minimum Gasteiger partial charge on any atom is -0.239 e. The van der Waals surface area contributed by atoms with Crippen molar-refractivity contribution in [1.82, 2.24) is 0 Å². The van der Waals surface area contributed by atoms with Crippen LogP contribution >= 0.6 is 0 Å². The number of benzene rings is 2. The van der Waals surface area contributed by atoms with Crippen LogP contribution in [0.2, 0.25) is 0 Å². The Kier molecular flexibility index (Phi) is 3.23. The van der Waals surface area contributed by atoms with Gasteiger partial charge in [0.2, 0.25) is 11.2 Å². The van der Waals surface area contributed by atoms with Gasteiger partial charge in [0.15, 0.2) is 13.2 Å². The third-order valence-electron chi connectivity index (χ3n) is 3.35. The first kappa shape index (κ1) is 11.8. The number of fused-ring (bicyclic) bond motifs is 1. The summed E-state index contributed by atoms with van der Waals surface area (Å²) in [6, 6.07) is 22.1. The third kappa shape index (κ3) is 2.34. The topological polar surface area (TPSA) is 3.88 Å². The van der Waals surface area contributed by atoms with Gasteiger partial charge >= 0.3 is 0 Å². The zero-order chi connectivity index (χ0) is 13.1. The molecule has 0 bridgehead atoms. The van der Waals surface area contributed by atoms with E-state index in [0.717, 1.165) is 10.9 Å². The molecule has 3 rings (SSSR count). The minimum atomic E-state index is -0.447. The second-order valence-electron chi connectivity index (χ2n) is 4.59. The summed E-state index contributed by atoms with van der Waals surface area (Å²) in [5.41, 5.74) is 2.96. The smallest absolute Gasteiger partial charge is 0.213 e. The van der Waals surface area contributed by atoms with E-state index in [9.17, 15) is 4.39 Å². The molecule has 94 valence electrons. The number of hydrogen-bond acceptors (Lipinski definition) is 0. The van der Waals surface area contributed by atoms with E-state index in [0.29, 0.717) is 12.2 Å². The third-order valence-corrected chi connectivity index (χ3v) is 3.35. The fourth-order valence-corrected chi connectivity index (χ4v) is 2.37. The van der Waals surface area contributed by atoms with Crippen molar-refractivity contribution in [3.05, 3.63) is 78.0 Å². The molecule has 2 heteroatoms. The van der Waals surface area contributed by atoms with Crippen molar-refractivity contribution in [2.45, 2.75) is 13.2 Å². The maximum absolute atomic E-state index is 13.2. The van der Waals surface area contributed by atoms with E-state index >= 15 is 0 Å². The van der Waals surface area contributed by atoms with Gasteiger partial charge in [-0.15, -0.1) is 0 Å². The lowest BCUT2D eigenvalue weighted by Gasteiger charge is -2.05. The van der Waals surface area contributed by atoms with Gasteiger partial charge in [-0.3, -0.25) is 0 Å². The first-order chi connectivity index (χ1) is 9.38. The lowest BCUT2D eigenvalue weighted by molar-refractivity contribution is -0.671. The highest BCUT2D eigenvalue weighted by Gasteiger charge is 2.15. The second kappa shape index (κ2) is 5.19. The monoisotopic (exact) mass is 252 g/mol. The van der Waals surface area contributed by atoms with Gasteiger partial charge in [-0.05, 0) is 12.1 Å². The van der Waals surface area contributed by atoms with E-state index in [2.05, 4.69) is 18.2 Å². The summed E-state index contributed by atoms with van der Waals surface area (Å²) >= 11 is 0. The van der Waals surface area contributed by atoms with Crippen molar-refractivity contribution in [3.63, 3.8) is 0 Å². The van der Waals surface area contributed by atoms with Crippen molar-refractivity contribution in [2.24, 2.45) is 0 Å². The fourth-order valence-electron chi connectivity index (χ4n) is 2.37. The Morgan fingerprint density at radius 2 is 1.53 bits per heavy atom. The maximum Gasteiger partial charge on any atom is 0.213 e. The van der Waals surface area contributed by atoms with Crippen LogP contribution in [0.25, 0.3) is 10.9 Å². The Labute approximate surface area is 111 Å². The number of hydrogen-bond donors (Lipinski definition) is 0. The van der Waals surface area contributed by atoms with Crippen LogP contribution in [0.1, 0.15) is 11.3 Å². The first-order valence-electron chi connectivity index (χ1n) is 6.39. The van der Waals surface area contributed by atoms with Gasteiger partial charge < -0.3 is 0 Å². The number of nitrogens with zero attached hydrogens (tertiary/aromatic N) is 1. The van der Waals surface area contributed by atoms with Crippen LogP contribution < -0.4 is 4.57 Å². The van der Waals surface area contributed by atoms with Crippen LogP contribution in [0, 0.1) is 0 Å². The summed E-state index contributed by atoms with van der Waals surface area (Å²) in [5, 5.41) is 1.13. The second-order valence-corrected chi connectivity index (χ2v) is 4.59. The van der Waals surface area contributed by atoms with Gasteiger partial charge in [0.05, 0.1) is 0 Å². The van der Waals surface area contributed by atoms with Crippen molar-refractivity contribution in [2.75, 3.05) is 0 Å². The van der Waals surface area contributed by atoms with Gasteiger partial charge in [-0.25, -0.2) is 4.39 Å². The molecule has 0 fully saturated rings. The van der Waals surface area contributed by atoms with Crippen LogP contribution in [0.5, 0.6) is 0 Å². The van der Waals surface area contributed by atoms with E-state index < -0.39 is 6.67 Å². The quantitative estimate of drug-likeness (QED) is 0.626. The molecule has 0 aliphatic heterocycles. The van der Waals surface area contributed by atoms with E-state index in [-0.39, 0.29) is 0 Å². The molecule has 0 amide bonds. The molecular formula is C17H15FN+. The van der Waals surface area contributed by atoms with Gasteiger partial charge in [0.25, 0.3) is 0 Å². The molecule has 1 aromatic heterocycles. The number of halogens is 1. The Morgan fingerprint density at radius 3 is 2.32 bits per heavy atom. The van der Waals surface area contributed by atoms with Crippen LogP contribution in [0.4, 0.5) is 4.39 Å². The molecule has 1 nitrogen and oxygen atoms in total. The molecule has 1 heterocycles. The molecule has 2 aromatic carbocycles. The molecule has 0 atom stereocenters. The van der Waals surface area contributed by atoms with Crippen LogP contribution in [-0.4, -0.2) is 0 Å². The van der Waals surface area contributed by atoms with Crippen molar-refractivity contribution in [1.29, 1.82) is 0 Å². The van der Waals surface area contributed by atoms with Crippen LogP contribution in [-0.2, 0) is 13.2 Å². The highest BCUT2D eigenvalue weighted by molar-refractivity contribution is 5.75. The van der Waals surface area contributed by atoms with E-state index in [4.69, 9.17) is 0 Å². The highest BCUT2D eigenvalue weighted by atomic mass is 19.1. The molecule has 0 aliphatic rings. The van der Waals surface area contributed by atoms with E-state index in [1.54, 1.807) is 0 Å². The maximum atomic E-state index is 13.2. The molecule has 3 aromatic rings. The Bertz CT molecular complexity index is 692. The van der Waals surface area contributed by atoms with Crippen molar-refractivity contribution < 1.29 is 8.96 Å². The molecule has 0 aliphatic carbocycles. The van der Waals surface area contributed by atoms with Gasteiger partial charge in [-0.2, -0.15) is 4.57 Å². The summed E-state index contributed by atoms with van der Waals surface area (Å²) in [6.07, 6.45) is 0. The lowest BCUT2D eigenvalue weighted by atomic mass is 10.1. The predicted octanol–water partition coefficient (Wildman–Crippen LogP) is 3.65. The van der Waals surface area contributed by atoms with E-state index in [1.165, 1.54) is 5.56 Å². The zero-order valence-electron chi connectivity index (χ0n) is 10.6. The molecule has 0 N–H and O–H groups in total. The fraction of sp³-hybridized carbons (Fsp3) is 0.118. The normalized spacial score (nSPS) is 10.8. The number of pyridine rings is 1. The largest absolute Gasteiger partial charge is 0.239 e. The zero-order valence-corrected chi connectivity index (χ0v) is 10.6. The van der Waals surface area contributed by atoms with Gasteiger partial charge in [-0.1, -0.05) is 42.5 Å². The highest BCUT2D eigenvalue weighted by Crippen LogP contribution is 2.12. The van der Waals surface area contributed by atoms with E-state index in [1.807, 2.05) is 53.1 Å². The van der Waals surface area contributed by atoms with Crippen LogP contribution in [0.3, 0.4) is 0 Å². The van der Waals surface area contributed by atoms with Gasteiger partial charge in [0, 0.05) is 23.1 Å². The van der Waals surface area contributed by atoms with Crippen molar-refractivity contribution >= 4 is 10.9 Å². The molecule has 0 spiro atoms. The summed E-state index contributed by atoms with van der Waals surface area (Å²) in [4.78, 5) is 0. The van der Waals surface area contributed by atoms with Gasteiger partial charge in [0.1, 0.15) is 0 Å². The predicted molar refractivity (Wildman–Crippen MR) is 74.5 cm³/mol. The number of para-hydroxylation sites is 1. The number of rotatable bonds is 3. The average Bonchev–Trinajstić information content (AvgIpc) is 2.49. The molecule has 19 heavy (non-hydrogen) atoms. The molecular weight excluding hydrogens is 237 g/mol.